The van der Waals surface area contributed by atoms with Crippen LogP contribution in [0.1, 0.15) is 0 Å². The van der Waals surface area contributed by atoms with Gasteiger partial charge in [0.05, 0.1) is 17.4 Å². The van der Waals surface area contributed by atoms with Crippen LogP contribution in [-0.2, 0) is 10.0 Å². The van der Waals surface area contributed by atoms with E-state index in [4.69, 9.17) is 4.42 Å². The van der Waals surface area contributed by atoms with Gasteiger partial charge in [-0.2, -0.15) is 0 Å². The van der Waals surface area contributed by atoms with Crippen molar-refractivity contribution in [3.63, 3.8) is 0 Å². The van der Waals surface area contributed by atoms with E-state index in [0.29, 0.717) is 23.0 Å². The second-order valence-electron chi connectivity index (χ2n) is 6.81. The molecule has 0 spiro atoms. The first kappa shape index (κ1) is 19.1. The first-order chi connectivity index (χ1) is 14.9. The molecule has 0 fully saturated rings. The summed E-state index contributed by atoms with van der Waals surface area (Å²) >= 11 is 0. The third kappa shape index (κ3) is 3.49. The first-order valence-electron chi connectivity index (χ1n) is 9.11. The van der Waals surface area contributed by atoms with Crippen LogP contribution in [0.4, 0.5) is 14.5 Å². The molecule has 0 radical (unpaired) electrons. The van der Waals surface area contributed by atoms with E-state index < -0.39 is 26.6 Å². The second kappa shape index (κ2) is 7.13. The number of rotatable bonds is 4. The number of anilines is 1. The molecular weight excluding hydrogens is 424 g/mol. The molecule has 1 N–H and O–H groups in total. The Morgan fingerprint density at radius 3 is 2.61 bits per heavy atom. The fraction of sp³-hybridized carbons (Fsp3) is 0. The Morgan fingerprint density at radius 1 is 0.935 bits per heavy atom. The number of aromatic nitrogens is 2. The van der Waals surface area contributed by atoms with Crippen LogP contribution in [0.5, 0.6) is 0 Å². The number of furan rings is 1. The highest BCUT2D eigenvalue weighted by Gasteiger charge is 2.20. The van der Waals surface area contributed by atoms with E-state index in [2.05, 4.69) is 14.7 Å². The van der Waals surface area contributed by atoms with Crippen LogP contribution in [0.2, 0.25) is 0 Å². The lowest BCUT2D eigenvalue weighted by molar-refractivity contribution is 0.551. The van der Waals surface area contributed by atoms with Crippen LogP contribution in [0.25, 0.3) is 33.2 Å². The average molecular weight is 437 g/mol. The number of benzene rings is 2. The predicted octanol–water partition coefficient (Wildman–Crippen LogP) is 5.12. The molecule has 0 aliphatic heterocycles. The quantitative estimate of drug-likeness (QED) is 0.422. The Labute approximate surface area is 175 Å². The third-order valence-electron chi connectivity index (χ3n) is 4.71. The van der Waals surface area contributed by atoms with Crippen molar-refractivity contribution in [3.8, 4) is 11.3 Å². The van der Waals surface area contributed by atoms with Crippen molar-refractivity contribution in [1.29, 1.82) is 0 Å². The molecule has 6 nitrogen and oxygen atoms in total. The van der Waals surface area contributed by atoms with E-state index in [9.17, 15) is 17.2 Å². The number of sulfonamides is 1. The molecule has 2 aromatic carbocycles. The van der Waals surface area contributed by atoms with Crippen LogP contribution in [0.15, 0.2) is 82.5 Å². The molecule has 0 bridgehead atoms. The van der Waals surface area contributed by atoms with E-state index in [-0.39, 0.29) is 5.69 Å². The van der Waals surface area contributed by atoms with Crippen molar-refractivity contribution in [1.82, 2.24) is 9.97 Å². The predicted molar refractivity (Wildman–Crippen MR) is 112 cm³/mol. The highest BCUT2D eigenvalue weighted by atomic mass is 32.2. The maximum Gasteiger partial charge on any atom is 0.264 e. The Morgan fingerprint density at radius 2 is 1.77 bits per heavy atom. The van der Waals surface area contributed by atoms with Crippen LogP contribution in [-0.4, -0.2) is 18.4 Å². The summed E-state index contributed by atoms with van der Waals surface area (Å²) in [6.45, 7) is 0. The molecule has 0 aliphatic carbocycles. The van der Waals surface area contributed by atoms with Crippen LogP contribution >= 0.6 is 0 Å². The number of nitrogens with one attached hydrogen (secondary N) is 1. The van der Waals surface area contributed by atoms with Crippen LogP contribution in [0, 0.1) is 11.6 Å². The third-order valence-corrected chi connectivity index (χ3v) is 6.13. The number of nitrogens with zero attached hydrogens (tertiary/aromatic N) is 2. The first-order valence-corrected chi connectivity index (χ1v) is 10.6. The molecule has 0 atom stereocenters. The number of hydrogen-bond acceptors (Lipinski definition) is 5. The van der Waals surface area contributed by atoms with Crippen LogP contribution in [0.3, 0.4) is 0 Å². The summed E-state index contributed by atoms with van der Waals surface area (Å²) in [5, 5.41) is 1.64. The zero-order valence-electron chi connectivity index (χ0n) is 15.7. The van der Waals surface area contributed by atoms with Crippen molar-refractivity contribution in [3.05, 3.63) is 84.8 Å². The summed E-state index contributed by atoms with van der Waals surface area (Å²) < 4.78 is 60.4. The van der Waals surface area contributed by atoms with E-state index in [0.717, 1.165) is 28.4 Å². The molecular formula is C22H13F2N3O3S. The minimum Gasteiger partial charge on any atom is -0.455 e. The summed E-state index contributed by atoms with van der Waals surface area (Å²) in [5.74, 6) is -1.59. The fourth-order valence-electron chi connectivity index (χ4n) is 3.30. The molecule has 31 heavy (non-hydrogen) atoms. The standard InChI is InChI=1S/C22H13F2N3O3S/c23-15-5-6-21(18(24)9-15)31(28,29)27-16-7-13(10-25-12-16)20-8-14-11-26-19-4-2-1-3-17(19)22(14)30-20/h1-12,27H. The second-order valence-corrected chi connectivity index (χ2v) is 8.46. The summed E-state index contributed by atoms with van der Waals surface area (Å²) in [7, 11) is -4.29. The molecule has 3 heterocycles. The highest BCUT2D eigenvalue weighted by Crippen LogP contribution is 2.32. The van der Waals surface area contributed by atoms with Crippen molar-refractivity contribution in [2.24, 2.45) is 0 Å². The monoisotopic (exact) mass is 437 g/mol. The van der Waals surface area contributed by atoms with Crippen molar-refractivity contribution in [2.75, 3.05) is 4.72 Å². The smallest absolute Gasteiger partial charge is 0.264 e. The van der Waals surface area contributed by atoms with Gasteiger partial charge in [-0.05, 0) is 36.4 Å². The SMILES string of the molecule is O=S(=O)(Nc1cncc(-c2cc3cnc4ccccc4c3o2)c1)c1ccc(F)cc1F. The molecule has 0 saturated heterocycles. The largest absolute Gasteiger partial charge is 0.455 e. The molecule has 5 aromatic rings. The highest BCUT2D eigenvalue weighted by molar-refractivity contribution is 7.92. The number of halogens is 2. The number of pyridine rings is 2. The number of fused-ring (bicyclic) bond motifs is 3. The number of hydrogen-bond donors (Lipinski definition) is 1. The Hall–Kier alpha value is -3.85. The Kier molecular flexibility index (Phi) is 4.40. The van der Waals surface area contributed by atoms with Gasteiger partial charge in [0.25, 0.3) is 10.0 Å². The van der Waals surface area contributed by atoms with Gasteiger partial charge in [0, 0.05) is 34.8 Å². The summed E-state index contributed by atoms with van der Waals surface area (Å²) in [4.78, 5) is 7.79. The van der Waals surface area contributed by atoms with Crippen LogP contribution < -0.4 is 4.72 Å². The Balaban J connectivity index is 1.52. The zero-order chi connectivity index (χ0) is 21.6. The summed E-state index contributed by atoms with van der Waals surface area (Å²) in [6, 6.07) is 13.1. The molecule has 0 aliphatic rings. The summed E-state index contributed by atoms with van der Waals surface area (Å²) in [5.41, 5.74) is 2.06. The zero-order valence-corrected chi connectivity index (χ0v) is 16.5. The lowest BCUT2D eigenvalue weighted by Crippen LogP contribution is -2.15. The molecule has 3 aromatic heterocycles. The van der Waals surface area contributed by atoms with E-state index in [1.165, 1.54) is 18.5 Å². The fourth-order valence-corrected chi connectivity index (χ4v) is 4.40. The molecule has 9 heteroatoms. The maximum absolute atomic E-state index is 13.9. The van der Waals surface area contributed by atoms with Gasteiger partial charge in [0.2, 0.25) is 0 Å². The van der Waals surface area contributed by atoms with Gasteiger partial charge in [-0.1, -0.05) is 12.1 Å². The van der Waals surface area contributed by atoms with Crippen molar-refractivity contribution >= 4 is 37.6 Å². The molecule has 5 rings (SSSR count). The molecule has 0 unspecified atom stereocenters. The van der Waals surface area contributed by atoms with Gasteiger partial charge in [-0.15, -0.1) is 0 Å². The average Bonchev–Trinajstić information content (AvgIpc) is 3.18. The Bertz CT molecular complexity index is 1570. The molecule has 0 amide bonds. The van der Waals surface area contributed by atoms with Gasteiger partial charge in [-0.3, -0.25) is 14.7 Å². The van der Waals surface area contributed by atoms with Crippen molar-refractivity contribution < 1.29 is 21.6 Å². The lowest BCUT2D eigenvalue weighted by atomic mass is 10.1. The van der Waals surface area contributed by atoms with Gasteiger partial charge in [0.1, 0.15) is 27.9 Å². The van der Waals surface area contributed by atoms with E-state index >= 15 is 0 Å². The topological polar surface area (TPSA) is 85.1 Å². The molecule has 0 saturated carbocycles. The lowest BCUT2D eigenvalue weighted by Gasteiger charge is -2.09. The minimum absolute atomic E-state index is 0.102. The number of para-hydroxylation sites is 1. The maximum atomic E-state index is 13.9. The summed E-state index contributed by atoms with van der Waals surface area (Å²) in [6.07, 6.45) is 4.49. The van der Waals surface area contributed by atoms with Gasteiger partial charge in [-0.25, -0.2) is 17.2 Å². The van der Waals surface area contributed by atoms with E-state index in [1.807, 2.05) is 24.3 Å². The minimum atomic E-state index is -4.29. The normalized spacial score (nSPS) is 11.8. The van der Waals surface area contributed by atoms with Gasteiger partial charge < -0.3 is 4.42 Å². The van der Waals surface area contributed by atoms with Crippen molar-refractivity contribution in [2.45, 2.75) is 4.90 Å². The molecule has 154 valence electrons. The van der Waals surface area contributed by atoms with Gasteiger partial charge >= 0.3 is 0 Å². The van der Waals surface area contributed by atoms with Gasteiger partial charge in [0.15, 0.2) is 0 Å². The van der Waals surface area contributed by atoms with E-state index in [1.54, 1.807) is 12.3 Å².